The van der Waals surface area contributed by atoms with E-state index in [4.69, 9.17) is 0 Å². The fourth-order valence-corrected chi connectivity index (χ4v) is 14.5. The van der Waals surface area contributed by atoms with E-state index in [1.54, 1.807) is 24.3 Å². The van der Waals surface area contributed by atoms with Crippen LogP contribution in [0.1, 0.15) is 22.3 Å². The third kappa shape index (κ3) is 9.92. The number of fused-ring (bicyclic) bond motifs is 14. The first-order valence-corrected chi connectivity index (χ1v) is 29.8. The fourth-order valence-electron chi connectivity index (χ4n) is 14.5. The normalized spacial score (nSPS) is 13.1. The van der Waals surface area contributed by atoms with Gasteiger partial charge in [-0.2, -0.15) is 0 Å². The molecule has 0 saturated carbocycles. The molecule has 2 aliphatic heterocycles. The van der Waals surface area contributed by atoms with Gasteiger partial charge in [-0.25, -0.2) is 52.7 Å². The highest BCUT2D eigenvalue weighted by molar-refractivity contribution is 6.13. The first-order chi connectivity index (χ1) is 44.9. The molecule has 2 aliphatic rings. The summed E-state index contributed by atoms with van der Waals surface area (Å²) >= 11 is 0. The van der Waals surface area contributed by atoms with Gasteiger partial charge in [0.2, 0.25) is 0 Å². The van der Waals surface area contributed by atoms with Crippen LogP contribution in [0.15, 0.2) is 218 Å². The Balaban J connectivity index is 0.00000729. The Bertz CT molecular complexity index is 5000. The van der Waals surface area contributed by atoms with E-state index < -0.39 is 69.8 Å². The van der Waals surface area contributed by atoms with Crippen LogP contribution >= 0.6 is 0 Å². The van der Waals surface area contributed by atoms with E-state index in [1.165, 1.54) is 12.1 Å². The summed E-state index contributed by atoms with van der Waals surface area (Å²) in [7, 11) is 0. The molecule has 0 atom stereocenters. The maximum atomic E-state index is 15.5. The Morgan fingerprint density at radius 2 is 0.468 bits per heavy atom. The van der Waals surface area contributed by atoms with Crippen molar-refractivity contribution in [1.82, 2.24) is 0 Å². The minimum atomic E-state index is -1.71. The van der Waals surface area contributed by atoms with Gasteiger partial charge < -0.3 is 21.5 Å². The van der Waals surface area contributed by atoms with Gasteiger partial charge in [-0.3, -0.25) is 0 Å². The Morgan fingerprint density at radius 1 is 0.223 bits per heavy atom. The van der Waals surface area contributed by atoms with E-state index in [-0.39, 0.29) is 79.1 Å². The van der Waals surface area contributed by atoms with Gasteiger partial charge in [0.05, 0.1) is 0 Å². The zero-order chi connectivity index (χ0) is 63.9. The van der Waals surface area contributed by atoms with E-state index in [0.29, 0.717) is 46.1 Å². The molecule has 14 aromatic rings. The summed E-state index contributed by atoms with van der Waals surface area (Å²) in [5, 5.41) is 7.01. The van der Waals surface area contributed by atoms with Crippen molar-refractivity contribution in [2.45, 2.75) is 26.2 Å². The van der Waals surface area contributed by atoms with E-state index >= 15 is 35.1 Å². The predicted octanol–water partition coefficient (Wildman–Crippen LogP) is 19.9. The summed E-state index contributed by atoms with van der Waals surface area (Å²) in [4.78, 5) is 0. The molecule has 0 aromatic heterocycles. The fraction of sp³-hybridized carbons (Fsp3) is 0.0500. The van der Waals surface area contributed by atoms with Crippen LogP contribution in [-0.4, -0.2) is 4.48 Å². The van der Waals surface area contributed by atoms with E-state index in [0.717, 1.165) is 125 Å². The molecular weight excluding hydrogens is 1280 g/mol. The van der Waals surface area contributed by atoms with Gasteiger partial charge >= 0.3 is 0 Å². The molecule has 460 valence electrons. The maximum absolute atomic E-state index is 15.5. The van der Waals surface area contributed by atoms with Crippen molar-refractivity contribution in [3.63, 3.8) is 0 Å². The second-order valence-electron chi connectivity index (χ2n) is 24.2. The molecule has 0 bridgehead atoms. The van der Waals surface area contributed by atoms with Crippen LogP contribution in [0, 0.1) is 69.8 Å². The monoisotopic (exact) mass is 1330 g/mol. The molecule has 0 fully saturated rings. The second-order valence-corrected chi connectivity index (χ2v) is 24.2. The third-order valence-corrected chi connectivity index (χ3v) is 18.6. The van der Waals surface area contributed by atoms with Crippen molar-refractivity contribution in [1.29, 1.82) is 0 Å². The highest BCUT2D eigenvalue weighted by atomic mass is 79.9. The molecule has 0 aliphatic carbocycles. The Hall–Kier alpha value is -10.3. The van der Waals surface area contributed by atoms with Crippen molar-refractivity contribution in [3.8, 4) is 89.0 Å². The van der Waals surface area contributed by atoms with Gasteiger partial charge in [0.25, 0.3) is 0 Å². The largest absolute Gasteiger partial charge is 1.00 e. The van der Waals surface area contributed by atoms with Crippen LogP contribution in [0.2, 0.25) is 0 Å². The summed E-state index contributed by atoms with van der Waals surface area (Å²) < 4.78 is 183. The molecule has 0 N–H and O–H groups in total. The second kappa shape index (κ2) is 22.8. The van der Waals surface area contributed by atoms with E-state index in [1.807, 2.05) is 84.9 Å². The first kappa shape index (κ1) is 60.0. The number of benzene rings is 14. The maximum Gasteiger partial charge on any atom is 0.194 e. The lowest BCUT2D eigenvalue weighted by molar-refractivity contribution is -0.977. The molecule has 0 amide bonds. The first-order valence-electron chi connectivity index (χ1n) is 29.8. The summed E-state index contributed by atoms with van der Waals surface area (Å²) in [6, 6.07) is 60.3. The number of quaternary nitrogens is 1. The molecule has 16 rings (SSSR count). The highest BCUT2D eigenvalue weighted by Gasteiger charge is 2.42. The SMILES string of the molecule is Fc1cc(-c2cc(-c3cc(F)c(F)c(F)c3)cc(-c3cc4ccccc4c4c3C[N+]3(Cc5ccc6ccccc6c5-c5c(ccc6ccccc56)C3)Cc3c(-c5cc(-c6cc(F)c(F)c(F)c6)cc(-c6cc(F)c(F)c(F)c6)c5)cc5ccccc5c3-4)c2)cc(F)c1F.[Br-]. The highest BCUT2D eigenvalue weighted by Crippen LogP contribution is 2.54. The average molecular weight is 1330 g/mol. The van der Waals surface area contributed by atoms with Crippen LogP contribution < -0.4 is 17.0 Å². The minimum absolute atomic E-state index is 0. The van der Waals surface area contributed by atoms with Gasteiger partial charge in [-0.15, -0.1) is 0 Å². The molecule has 2 heterocycles. The van der Waals surface area contributed by atoms with Crippen LogP contribution in [0.3, 0.4) is 0 Å². The summed E-state index contributed by atoms with van der Waals surface area (Å²) in [6.07, 6.45) is 0. The summed E-state index contributed by atoms with van der Waals surface area (Å²) in [6.45, 7) is 1.18. The molecule has 1 nitrogen and oxygen atoms in total. The van der Waals surface area contributed by atoms with E-state index in [9.17, 15) is 17.6 Å². The van der Waals surface area contributed by atoms with Gasteiger partial charge in [0, 0.05) is 33.4 Å². The summed E-state index contributed by atoms with van der Waals surface area (Å²) in [5.74, 6) is -18.8. The van der Waals surface area contributed by atoms with Crippen LogP contribution in [0.5, 0.6) is 0 Å². The van der Waals surface area contributed by atoms with Gasteiger partial charge in [0.15, 0.2) is 69.8 Å². The summed E-state index contributed by atoms with van der Waals surface area (Å²) in [5.41, 5.74) is 8.95. The number of rotatable bonds is 6. The third-order valence-electron chi connectivity index (χ3n) is 18.6. The number of hydrogen-bond donors (Lipinski definition) is 0. The lowest BCUT2D eigenvalue weighted by atomic mass is 9.81. The topological polar surface area (TPSA) is 0 Å². The Morgan fingerprint density at radius 3 is 0.766 bits per heavy atom. The quantitative estimate of drug-likeness (QED) is 0.0884. The lowest BCUT2D eigenvalue weighted by Gasteiger charge is -2.39. The molecule has 14 heteroatoms. The van der Waals surface area contributed by atoms with Crippen molar-refractivity contribution >= 4 is 43.1 Å². The van der Waals surface area contributed by atoms with Crippen molar-refractivity contribution in [2.75, 3.05) is 0 Å². The van der Waals surface area contributed by atoms with Crippen molar-refractivity contribution in [2.24, 2.45) is 0 Å². The molecular formula is C80H44BrF12N. The zero-order valence-corrected chi connectivity index (χ0v) is 50.6. The standard InChI is InChI=1S/C80H44F12N.BrH/c81-65-29-51(30-66(82)77(65)89)47-21-48(52-31-67(83)78(90)68(84)32-52)24-55(23-47)61-27-43-11-3-7-15-59(43)75-63(61)39-93(37-45-19-17-41-9-1-5-13-57(41)73(45)74-46(38-93)20-18-42-10-2-6-14-58(42)74)40-64-62(28-44-12-4-8-16-60(44)76(64)75)56-25-49(53-33-69(85)79(91)70(86)34-53)22-50(26-56)54-35-71(87)80(92)72(88)36-54;/h1-36H,37-40H2;1H/q+1;/p-1. The van der Waals surface area contributed by atoms with Crippen LogP contribution in [0.4, 0.5) is 52.7 Å². The predicted molar refractivity (Wildman–Crippen MR) is 341 cm³/mol. The van der Waals surface area contributed by atoms with Crippen LogP contribution in [-0.2, 0) is 26.2 Å². The molecule has 0 radical (unpaired) electrons. The molecule has 94 heavy (non-hydrogen) atoms. The lowest BCUT2D eigenvalue weighted by Crippen LogP contribution is -3.00. The van der Waals surface area contributed by atoms with Gasteiger partial charge in [-0.1, -0.05) is 121 Å². The number of halogens is 13. The van der Waals surface area contributed by atoms with Gasteiger partial charge in [-0.05, 0) is 218 Å². The molecule has 0 saturated heterocycles. The number of hydrogen-bond acceptors (Lipinski definition) is 0. The van der Waals surface area contributed by atoms with Crippen molar-refractivity contribution < 1.29 is 74.1 Å². The Labute approximate surface area is 540 Å². The van der Waals surface area contributed by atoms with Crippen molar-refractivity contribution in [3.05, 3.63) is 310 Å². The molecule has 14 aromatic carbocycles. The molecule has 0 unspecified atom stereocenters. The average Bonchev–Trinajstić information content (AvgIpc) is 1.71. The number of nitrogens with zero attached hydrogens (tertiary/aromatic N) is 1. The molecule has 1 spiro atoms. The minimum Gasteiger partial charge on any atom is -1.00 e. The smallest absolute Gasteiger partial charge is 0.194 e. The Kier molecular flexibility index (Phi) is 14.5. The zero-order valence-electron chi connectivity index (χ0n) is 49.0. The van der Waals surface area contributed by atoms with Crippen LogP contribution in [0.25, 0.3) is 132 Å². The van der Waals surface area contributed by atoms with Gasteiger partial charge in [0.1, 0.15) is 26.2 Å². The van der Waals surface area contributed by atoms with E-state index in [2.05, 4.69) is 48.5 Å².